The quantitative estimate of drug-likeness (QED) is 0.656. The fourth-order valence-corrected chi connectivity index (χ4v) is 3.24. The lowest BCUT2D eigenvalue weighted by Gasteiger charge is -2.40. The summed E-state index contributed by atoms with van der Waals surface area (Å²) in [7, 11) is 0. The SMILES string of the molecule is CCOC(=O)C1(CCOc2ccccc2)CCN(C[C@H](O)CO)CC1. The van der Waals surface area contributed by atoms with Gasteiger partial charge in [0.1, 0.15) is 5.75 Å². The Morgan fingerprint density at radius 1 is 1.28 bits per heavy atom. The molecule has 2 rings (SSSR count). The average molecular weight is 351 g/mol. The second-order valence-electron chi connectivity index (χ2n) is 6.55. The summed E-state index contributed by atoms with van der Waals surface area (Å²) in [6.45, 7) is 4.22. The zero-order chi connectivity index (χ0) is 18.1. The first-order valence-electron chi connectivity index (χ1n) is 8.96. The number of esters is 1. The van der Waals surface area contributed by atoms with E-state index in [2.05, 4.69) is 4.90 Å². The van der Waals surface area contributed by atoms with Crippen LogP contribution in [0.15, 0.2) is 30.3 Å². The Kier molecular flexibility index (Phi) is 7.68. The highest BCUT2D eigenvalue weighted by atomic mass is 16.5. The highest BCUT2D eigenvalue weighted by Gasteiger charge is 2.42. The fourth-order valence-electron chi connectivity index (χ4n) is 3.24. The molecule has 1 fully saturated rings. The Morgan fingerprint density at radius 3 is 2.56 bits per heavy atom. The Balaban J connectivity index is 1.92. The molecule has 25 heavy (non-hydrogen) atoms. The number of aliphatic hydroxyl groups excluding tert-OH is 2. The number of aliphatic hydroxyl groups is 2. The third kappa shape index (κ3) is 5.70. The maximum absolute atomic E-state index is 12.6. The molecule has 6 heteroatoms. The number of carbonyl (C=O) groups excluding carboxylic acids is 1. The van der Waals surface area contributed by atoms with Crippen molar-refractivity contribution in [1.29, 1.82) is 0 Å². The van der Waals surface area contributed by atoms with Gasteiger partial charge in [-0.1, -0.05) is 18.2 Å². The molecule has 0 amide bonds. The highest BCUT2D eigenvalue weighted by Crippen LogP contribution is 2.36. The van der Waals surface area contributed by atoms with Crippen LogP contribution in [0.25, 0.3) is 0 Å². The second-order valence-corrected chi connectivity index (χ2v) is 6.55. The van der Waals surface area contributed by atoms with Crippen molar-refractivity contribution in [3.8, 4) is 5.75 Å². The lowest BCUT2D eigenvalue weighted by Crippen LogP contribution is -2.48. The van der Waals surface area contributed by atoms with Crippen molar-refractivity contribution in [3.05, 3.63) is 30.3 Å². The maximum atomic E-state index is 12.6. The Bertz CT molecular complexity index is 514. The molecule has 0 unspecified atom stereocenters. The van der Waals surface area contributed by atoms with Gasteiger partial charge in [-0.3, -0.25) is 4.79 Å². The van der Waals surface area contributed by atoms with Gasteiger partial charge in [0.15, 0.2) is 0 Å². The number of hydrogen-bond donors (Lipinski definition) is 2. The fraction of sp³-hybridized carbons (Fsp3) is 0.632. The van der Waals surface area contributed by atoms with Crippen LogP contribution in [-0.4, -0.2) is 66.6 Å². The summed E-state index contributed by atoms with van der Waals surface area (Å²) in [5.41, 5.74) is -0.536. The van der Waals surface area contributed by atoms with E-state index in [0.29, 0.717) is 52.1 Å². The van der Waals surface area contributed by atoms with Gasteiger partial charge in [-0.2, -0.15) is 0 Å². The summed E-state index contributed by atoms with van der Waals surface area (Å²) in [6, 6.07) is 9.57. The molecule has 0 aromatic heterocycles. The van der Waals surface area contributed by atoms with Crippen LogP contribution in [0.2, 0.25) is 0 Å². The minimum absolute atomic E-state index is 0.158. The van der Waals surface area contributed by atoms with Gasteiger partial charge < -0.3 is 24.6 Å². The smallest absolute Gasteiger partial charge is 0.312 e. The third-order valence-electron chi connectivity index (χ3n) is 4.79. The van der Waals surface area contributed by atoms with Crippen LogP contribution in [0, 0.1) is 5.41 Å². The van der Waals surface area contributed by atoms with Crippen molar-refractivity contribution < 1.29 is 24.5 Å². The number of ether oxygens (including phenoxy) is 2. The number of hydrogen-bond acceptors (Lipinski definition) is 6. The molecule has 1 atom stereocenters. The van der Waals surface area contributed by atoms with E-state index in [1.54, 1.807) is 0 Å². The van der Waals surface area contributed by atoms with Gasteiger partial charge in [-0.25, -0.2) is 0 Å². The molecule has 0 radical (unpaired) electrons. The maximum Gasteiger partial charge on any atom is 0.312 e. The van der Waals surface area contributed by atoms with Crippen LogP contribution in [0.3, 0.4) is 0 Å². The van der Waals surface area contributed by atoms with Crippen LogP contribution in [0.5, 0.6) is 5.75 Å². The van der Waals surface area contributed by atoms with Gasteiger partial charge in [0.2, 0.25) is 0 Å². The lowest BCUT2D eigenvalue weighted by atomic mass is 9.75. The molecule has 1 aliphatic rings. The molecule has 1 aromatic rings. The molecule has 0 bridgehead atoms. The molecule has 1 aliphatic heterocycles. The largest absolute Gasteiger partial charge is 0.494 e. The lowest BCUT2D eigenvalue weighted by molar-refractivity contribution is -0.160. The zero-order valence-electron chi connectivity index (χ0n) is 14.9. The molecule has 0 saturated carbocycles. The van der Waals surface area contributed by atoms with E-state index >= 15 is 0 Å². The number of β-amino-alcohol motifs (C(OH)–C–C–N with tert-alkyl or cyclic N) is 1. The monoisotopic (exact) mass is 351 g/mol. The number of likely N-dealkylation sites (tertiary alicyclic amines) is 1. The summed E-state index contributed by atoms with van der Waals surface area (Å²) in [5.74, 6) is 0.638. The summed E-state index contributed by atoms with van der Waals surface area (Å²) in [6.07, 6.45) is 1.21. The Labute approximate surface area is 149 Å². The van der Waals surface area contributed by atoms with Crippen LogP contribution < -0.4 is 4.74 Å². The molecule has 2 N–H and O–H groups in total. The molecule has 140 valence electrons. The number of carbonyl (C=O) groups is 1. The Morgan fingerprint density at radius 2 is 1.96 bits per heavy atom. The summed E-state index contributed by atoms with van der Waals surface area (Å²) in [4.78, 5) is 14.6. The van der Waals surface area contributed by atoms with Gasteiger partial charge in [0.05, 0.1) is 31.3 Å². The van der Waals surface area contributed by atoms with Crippen molar-refractivity contribution in [1.82, 2.24) is 4.90 Å². The first kappa shape index (κ1) is 19.7. The van der Waals surface area contributed by atoms with Crippen LogP contribution in [0.1, 0.15) is 26.2 Å². The van der Waals surface area contributed by atoms with Crippen LogP contribution in [0.4, 0.5) is 0 Å². The molecule has 1 heterocycles. The van der Waals surface area contributed by atoms with Crippen LogP contribution >= 0.6 is 0 Å². The van der Waals surface area contributed by atoms with Crippen molar-refractivity contribution in [2.24, 2.45) is 5.41 Å². The van der Waals surface area contributed by atoms with Gasteiger partial charge >= 0.3 is 5.97 Å². The van der Waals surface area contributed by atoms with E-state index in [1.165, 1.54) is 0 Å². The number of rotatable bonds is 9. The number of benzene rings is 1. The topological polar surface area (TPSA) is 79.2 Å². The molecule has 0 aliphatic carbocycles. The van der Waals surface area contributed by atoms with Crippen LogP contribution in [-0.2, 0) is 9.53 Å². The van der Waals surface area contributed by atoms with Gasteiger partial charge in [0, 0.05) is 6.54 Å². The first-order valence-corrected chi connectivity index (χ1v) is 8.96. The third-order valence-corrected chi connectivity index (χ3v) is 4.79. The second kappa shape index (κ2) is 9.75. The molecule has 1 saturated heterocycles. The van der Waals surface area contributed by atoms with Gasteiger partial charge in [-0.15, -0.1) is 0 Å². The summed E-state index contributed by atoms with van der Waals surface area (Å²) < 4.78 is 11.1. The predicted molar refractivity (Wildman–Crippen MR) is 94.4 cm³/mol. The minimum Gasteiger partial charge on any atom is -0.494 e. The van der Waals surface area contributed by atoms with Gasteiger partial charge in [-0.05, 0) is 51.4 Å². The molecular weight excluding hydrogens is 322 g/mol. The summed E-state index contributed by atoms with van der Waals surface area (Å²) >= 11 is 0. The van der Waals surface area contributed by atoms with Crippen molar-refractivity contribution in [3.63, 3.8) is 0 Å². The number of nitrogens with zero attached hydrogens (tertiary/aromatic N) is 1. The molecule has 1 aromatic carbocycles. The van der Waals surface area contributed by atoms with Crippen molar-refractivity contribution >= 4 is 5.97 Å². The van der Waals surface area contributed by atoms with Crippen molar-refractivity contribution in [2.75, 3.05) is 39.5 Å². The molecule has 0 spiro atoms. The average Bonchev–Trinajstić information content (AvgIpc) is 2.64. The normalized spacial score (nSPS) is 18.5. The summed E-state index contributed by atoms with van der Waals surface area (Å²) in [5, 5.41) is 18.6. The van der Waals surface area contributed by atoms with E-state index in [1.807, 2.05) is 37.3 Å². The standard InChI is InChI=1S/C19H29NO5/c1-2-24-18(23)19(10-13-25-17-6-4-3-5-7-17)8-11-20(12-9-19)14-16(22)15-21/h3-7,16,21-22H,2,8-15H2,1H3/t16-/m0/s1. The van der Waals surface area contributed by atoms with E-state index in [-0.39, 0.29) is 12.6 Å². The Hall–Kier alpha value is -1.63. The van der Waals surface area contributed by atoms with Gasteiger partial charge in [0.25, 0.3) is 0 Å². The molecular formula is C19H29NO5. The van der Waals surface area contributed by atoms with E-state index in [4.69, 9.17) is 14.6 Å². The number of piperidine rings is 1. The predicted octanol–water partition coefficient (Wildman–Crippen LogP) is 1.45. The van der Waals surface area contributed by atoms with Crippen molar-refractivity contribution in [2.45, 2.75) is 32.3 Å². The van der Waals surface area contributed by atoms with E-state index in [9.17, 15) is 9.90 Å². The minimum atomic E-state index is -0.739. The molecule has 6 nitrogen and oxygen atoms in total. The number of para-hydroxylation sites is 1. The highest BCUT2D eigenvalue weighted by molar-refractivity contribution is 5.77. The zero-order valence-corrected chi connectivity index (χ0v) is 14.9. The van der Waals surface area contributed by atoms with E-state index in [0.717, 1.165) is 5.75 Å². The van der Waals surface area contributed by atoms with E-state index < -0.39 is 11.5 Å². The first-order chi connectivity index (χ1) is 12.1.